The molecule has 5 heteroatoms. The van der Waals surface area contributed by atoms with Crippen molar-refractivity contribution in [2.24, 2.45) is 7.05 Å². The van der Waals surface area contributed by atoms with Crippen molar-refractivity contribution in [1.82, 2.24) is 9.78 Å². The minimum atomic E-state index is -0.676. The summed E-state index contributed by atoms with van der Waals surface area (Å²) in [6.07, 6.45) is -0.187. The maximum absolute atomic E-state index is 10.5. The molecule has 1 heterocycles. The van der Waals surface area contributed by atoms with E-state index < -0.39 is 6.10 Å². The van der Waals surface area contributed by atoms with Crippen LogP contribution in [-0.2, 0) is 13.5 Å². The van der Waals surface area contributed by atoms with Crippen molar-refractivity contribution in [3.63, 3.8) is 0 Å². The molecule has 4 nitrogen and oxygen atoms in total. The zero-order valence-corrected chi connectivity index (χ0v) is 12.9. The van der Waals surface area contributed by atoms with E-state index in [0.717, 1.165) is 17.0 Å². The Morgan fingerprint density at radius 1 is 1.40 bits per heavy atom. The number of hydrogen-bond donors (Lipinski definition) is 1. The Balaban J connectivity index is 2.32. The Labute approximate surface area is 123 Å². The Morgan fingerprint density at radius 2 is 2.10 bits per heavy atom. The maximum Gasteiger partial charge on any atom is 0.124 e. The molecular formula is C15H19ClN2O2. The lowest BCUT2D eigenvalue weighted by Crippen LogP contribution is -2.06. The van der Waals surface area contributed by atoms with Gasteiger partial charge in [-0.1, -0.05) is 11.6 Å². The number of halogens is 1. The zero-order valence-electron chi connectivity index (χ0n) is 12.1. The number of aliphatic hydroxyl groups excluding tert-OH is 1. The standard InChI is InChI=1S/C15H19ClN2O2/c1-9-12(10(2)18(3)17-9)8-14(19)13-7-11(16)5-6-15(13)20-4/h5-7,14,19H,8H2,1-4H3. The quantitative estimate of drug-likeness (QED) is 0.943. The van der Waals surface area contributed by atoms with E-state index in [1.54, 1.807) is 25.3 Å². The fourth-order valence-electron chi connectivity index (χ4n) is 2.38. The number of ether oxygens (including phenoxy) is 1. The Hall–Kier alpha value is -1.52. The van der Waals surface area contributed by atoms with Crippen LogP contribution in [-0.4, -0.2) is 22.0 Å². The highest BCUT2D eigenvalue weighted by Gasteiger charge is 2.18. The van der Waals surface area contributed by atoms with Gasteiger partial charge in [0.25, 0.3) is 0 Å². The number of rotatable bonds is 4. The molecule has 1 aromatic heterocycles. The topological polar surface area (TPSA) is 47.3 Å². The van der Waals surface area contributed by atoms with Gasteiger partial charge in [0, 0.05) is 29.7 Å². The first-order chi connectivity index (χ1) is 9.43. The number of methoxy groups -OCH3 is 1. The van der Waals surface area contributed by atoms with Gasteiger partial charge in [-0.05, 0) is 37.6 Å². The van der Waals surface area contributed by atoms with Crippen LogP contribution in [0.4, 0.5) is 0 Å². The summed E-state index contributed by atoms with van der Waals surface area (Å²) in [7, 11) is 3.48. The van der Waals surface area contributed by atoms with Crippen molar-refractivity contribution < 1.29 is 9.84 Å². The fraction of sp³-hybridized carbons (Fsp3) is 0.400. The summed E-state index contributed by atoms with van der Waals surface area (Å²) in [5.74, 6) is 0.640. The lowest BCUT2D eigenvalue weighted by atomic mass is 9.99. The predicted molar refractivity (Wildman–Crippen MR) is 79.3 cm³/mol. The highest BCUT2D eigenvalue weighted by molar-refractivity contribution is 6.30. The molecule has 0 bridgehead atoms. The minimum absolute atomic E-state index is 0.488. The third-order valence-corrected chi connectivity index (χ3v) is 3.84. The molecule has 0 radical (unpaired) electrons. The predicted octanol–water partition coefficient (Wildman–Crippen LogP) is 2.98. The molecule has 0 fully saturated rings. The van der Waals surface area contributed by atoms with Crippen molar-refractivity contribution in [3.8, 4) is 5.75 Å². The molecule has 0 saturated carbocycles. The largest absolute Gasteiger partial charge is 0.496 e. The first kappa shape index (κ1) is 14.9. The van der Waals surface area contributed by atoms with Gasteiger partial charge in [-0.25, -0.2) is 0 Å². The average molecular weight is 295 g/mol. The van der Waals surface area contributed by atoms with Crippen molar-refractivity contribution in [1.29, 1.82) is 0 Å². The highest BCUT2D eigenvalue weighted by Crippen LogP contribution is 2.31. The van der Waals surface area contributed by atoms with Crippen LogP contribution in [0.3, 0.4) is 0 Å². The van der Waals surface area contributed by atoms with Crippen LogP contribution >= 0.6 is 11.6 Å². The molecular weight excluding hydrogens is 276 g/mol. The second kappa shape index (κ2) is 5.85. The Kier molecular flexibility index (Phi) is 4.35. The van der Waals surface area contributed by atoms with Crippen LogP contribution in [0.2, 0.25) is 5.02 Å². The Bertz CT molecular complexity index is 623. The van der Waals surface area contributed by atoms with E-state index in [0.29, 0.717) is 22.8 Å². The second-order valence-electron chi connectivity index (χ2n) is 4.88. The number of aromatic nitrogens is 2. The Morgan fingerprint density at radius 3 is 2.65 bits per heavy atom. The number of hydrogen-bond acceptors (Lipinski definition) is 3. The van der Waals surface area contributed by atoms with E-state index in [-0.39, 0.29) is 0 Å². The molecule has 2 rings (SSSR count). The highest BCUT2D eigenvalue weighted by atomic mass is 35.5. The van der Waals surface area contributed by atoms with Gasteiger partial charge in [0.2, 0.25) is 0 Å². The van der Waals surface area contributed by atoms with E-state index in [4.69, 9.17) is 16.3 Å². The molecule has 20 heavy (non-hydrogen) atoms. The van der Waals surface area contributed by atoms with Gasteiger partial charge in [0.05, 0.1) is 18.9 Å². The second-order valence-corrected chi connectivity index (χ2v) is 5.32. The molecule has 0 aliphatic heterocycles. The summed E-state index contributed by atoms with van der Waals surface area (Å²) in [6, 6.07) is 5.26. The van der Waals surface area contributed by atoms with Gasteiger partial charge >= 0.3 is 0 Å². The van der Waals surface area contributed by atoms with Gasteiger partial charge in [-0.2, -0.15) is 5.10 Å². The molecule has 108 valence electrons. The van der Waals surface area contributed by atoms with Crippen LogP contribution < -0.4 is 4.74 Å². The molecule has 1 aromatic carbocycles. The monoisotopic (exact) mass is 294 g/mol. The third-order valence-electron chi connectivity index (χ3n) is 3.61. The van der Waals surface area contributed by atoms with Crippen molar-refractivity contribution in [2.45, 2.75) is 26.4 Å². The maximum atomic E-state index is 10.5. The van der Waals surface area contributed by atoms with Gasteiger partial charge < -0.3 is 9.84 Å². The fourth-order valence-corrected chi connectivity index (χ4v) is 2.56. The van der Waals surface area contributed by atoms with Crippen LogP contribution in [0.15, 0.2) is 18.2 Å². The number of benzene rings is 1. The molecule has 1 unspecified atom stereocenters. The molecule has 0 aliphatic carbocycles. The lowest BCUT2D eigenvalue weighted by molar-refractivity contribution is 0.173. The summed E-state index contributed by atoms with van der Waals surface area (Å²) < 4.78 is 7.11. The van der Waals surface area contributed by atoms with Gasteiger partial charge in [0.1, 0.15) is 5.75 Å². The molecule has 1 N–H and O–H groups in total. The van der Waals surface area contributed by atoms with Gasteiger partial charge in [-0.3, -0.25) is 4.68 Å². The molecule has 2 aromatic rings. The van der Waals surface area contributed by atoms with E-state index in [2.05, 4.69) is 5.10 Å². The lowest BCUT2D eigenvalue weighted by Gasteiger charge is -2.15. The average Bonchev–Trinajstić information content (AvgIpc) is 2.65. The SMILES string of the molecule is COc1ccc(Cl)cc1C(O)Cc1c(C)nn(C)c1C. The van der Waals surface area contributed by atoms with Crippen LogP contribution in [0.1, 0.15) is 28.6 Å². The summed E-state index contributed by atoms with van der Waals surface area (Å²) in [6.45, 7) is 3.95. The molecule has 1 atom stereocenters. The molecule has 0 spiro atoms. The summed E-state index contributed by atoms with van der Waals surface area (Å²) >= 11 is 6.00. The normalized spacial score (nSPS) is 12.5. The smallest absolute Gasteiger partial charge is 0.124 e. The van der Waals surface area contributed by atoms with Crippen molar-refractivity contribution in [3.05, 3.63) is 45.7 Å². The first-order valence-electron chi connectivity index (χ1n) is 6.44. The van der Waals surface area contributed by atoms with Crippen LogP contribution in [0, 0.1) is 13.8 Å². The van der Waals surface area contributed by atoms with Crippen LogP contribution in [0.5, 0.6) is 5.75 Å². The molecule has 0 amide bonds. The summed E-state index contributed by atoms with van der Waals surface area (Å²) in [5.41, 5.74) is 3.75. The number of aliphatic hydroxyl groups is 1. The summed E-state index contributed by atoms with van der Waals surface area (Å²) in [5, 5.41) is 15.4. The van der Waals surface area contributed by atoms with Crippen LogP contribution in [0.25, 0.3) is 0 Å². The third kappa shape index (κ3) is 2.81. The molecule has 0 saturated heterocycles. The minimum Gasteiger partial charge on any atom is -0.496 e. The number of nitrogens with zero attached hydrogens (tertiary/aromatic N) is 2. The van der Waals surface area contributed by atoms with E-state index in [9.17, 15) is 5.11 Å². The first-order valence-corrected chi connectivity index (χ1v) is 6.82. The zero-order chi connectivity index (χ0) is 14.9. The van der Waals surface area contributed by atoms with E-state index in [1.165, 1.54) is 0 Å². The van der Waals surface area contributed by atoms with E-state index >= 15 is 0 Å². The number of aryl methyl sites for hydroxylation is 2. The molecule has 0 aliphatic rings. The van der Waals surface area contributed by atoms with Gasteiger partial charge in [0.15, 0.2) is 0 Å². The van der Waals surface area contributed by atoms with E-state index in [1.807, 2.05) is 25.6 Å². The van der Waals surface area contributed by atoms with Crippen molar-refractivity contribution in [2.75, 3.05) is 7.11 Å². The van der Waals surface area contributed by atoms with Crippen molar-refractivity contribution >= 4 is 11.6 Å². The summed E-state index contributed by atoms with van der Waals surface area (Å²) in [4.78, 5) is 0. The van der Waals surface area contributed by atoms with Gasteiger partial charge in [-0.15, -0.1) is 0 Å².